The standard InChI is InChI=1S/C51H31N3OS/c1-4-12-32(13-5-1)33-22-24-36(25-23-33)50-52-49(35-16-8-3-9-17-35)53-51(54-50)43-21-11-19-41-44-30-37(27-29-45(44)55-47(41)43)38-26-28-40-42-20-10-18-39(34-14-6-2-7-15-34)48(42)56-46(40)31-38/h1-31H. The summed E-state index contributed by atoms with van der Waals surface area (Å²) >= 11 is 1.86. The molecule has 56 heavy (non-hydrogen) atoms. The SMILES string of the molecule is c1ccc(-c2ccc(-c3nc(-c4ccccc4)nc(-c4cccc5c4oc4ccc(-c6ccc7c(c6)sc6c(-c8ccccc8)cccc67)cc45)n3)cc2)cc1. The van der Waals surface area contributed by atoms with Crippen LogP contribution in [0.25, 0.3) is 110 Å². The number of furan rings is 1. The van der Waals surface area contributed by atoms with Crippen molar-refractivity contribution in [1.82, 2.24) is 15.0 Å². The molecule has 0 radical (unpaired) electrons. The van der Waals surface area contributed by atoms with Crippen LogP contribution in [0.1, 0.15) is 0 Å². The Morgan fingerprint density at radius 3 is 1.61 bits per heavy atom. The zero-order valence-corrected chi connectivity index (χ0v) is 30.9. The van der Waals surface area contributed by atoms with E-state index < -0.39 is 0 Å². The van der Waals surface area contributed by atoms with Gasteiger partial charge in [0.25, 0.3) is 0 Å². The van der Waals surface area contributed by atoms with Gasteiger partial charge in [-0.15, -0.1) is 11.3 Å². The third-order valence-electron chi connectivity index (χ3n) is 10.6. The number of nitrogens with zero attached hydrogens (tertiary/aromatic N) is 3. The lowest BCUT2D eigenvalue weighted by molar-refractivity contribution is 0.669. The van der Waals surface area contributed by atoms with E-state index in [0.29, 0.717) is 17.5 Å². The molecular weight excluding hydrogens is 703 g/mol. The number of aromatic nitrogens is 3. The lowest BCUT2D eigenvalue weighted by Gasteiger charge is -2.09. The van der Waals surface area contributed by atoms with Crippen molar-refractivity contribution in [2.45, 2.75) is 0 Å². The highest BCUT2D eigenvalue weighted by Crippen LogP contribution is 2.42. The molecule has 11 aromatic rings. The van der Waals surface area contributed by atoms with Crippen LogP contribution < -0.4 is 0 Å². The van der Waals surface area contributed by atoms with Crippen molar-refractivity contribution in [1.29, 1.82) is 0 Å². The number of rotatable bonds is 6. The maximum Gasteiger partial charge on any atom is 0.167 e. The quantitative estimate of drug-likeness (QED) is 0.171. The van der Waals surface area contributed by atoms with Crippen molar-refractivity contribution in [2.75, 3.05) is 0 Å². The number of hydrogen-bond donors (Lipinski definition) is 0. The van der Waals surface area contributed by atoms with Gasteiger partial charge in [-0.05, 0) is 57.6 Å². The van der Waals surface area contributed by atoms with E-state index in [0.717, 1.165) is 55.3 Å². The molecule has 0 saturated carbocycles. The third kappa shape index (κ3) is 5.56. The molecule has 0 fully saturated rings. The summed E-state index contributed by atoms with van der Waals surface area (Å²) in [5, 5.41) is 4.65. The molecule has 4 nitrogen and oxygen atoms in total. The summed E-state index contributed by atoms with van der Waals surface area (Å²) in [6.07, 6.45) is 0. The molecule has 0 saturated heterocycles. The van der Waals surface area contributed by atoms with E-state index in [-0.39, 0.29) is 0 Å². The highest BCUT2D eigenvalue weighted by Gasteiger charge is 2.19. The molecule has 5 heteroatoms. The van der Waals surface area contributed by atoms with Crippen molar-refractivity contribution >= 4 is 53.4 Å². The largest absolute Gasteiger partial charge is 0.455 e. The van der Waals surface area contributed by atoms with Crippen LogP contribution in [-0.2, 0) is 0 Å². The maximum atomic E-state index is 6.65. The van der Waals surface area contributed by atoms with Gasteiger partial charge in [0.2, 0.25) is 0 Å². The number of thiophene rings is 1. The van der Waals surface area contributed by atoms with Gasteiger partial charge in [-0.2, -0.15) is 0 Å². The van der Waals surface area contributed by atoms with E-state index in [1.165, 1.54) is 36.9 Å². The number of para-hydroxylation sites is 1. The van der Waals surface area contributed by atoms with E-state index in [4.69, 9.17) is 19.4 Å². The monoisotopic (exact) mass is 733 g/mol. The van der Waals surface area contributed by atoms with Crippen molar-refractivity contribution in [2.24, 2.45) is 0 Å². The first-order valence-electron chi connectivity index (χ1n) is 18.7. The van der Waals surface area contributed by atoms with E-state index in [2.05, 4.69) is 146 Å². The Labute approximate surface area is 327 Å². The van der Waals surface area contributed by atoms with Crippen LogP contribution in [-0.4, -0.2) is 15.0 Å². The van der Waals surface area contributed by atoms with E-state index in [1.54, 1.807) is 0 Å². The molecule has 0 aliphatic heterocycles. The predicted molar refractivity (Wildman–Crippen MR) is 233 cm³/mol. The highest BCUT2D eigenvalue weighted by molar-refractivity contribution is 7.26. The van der Waals surface area contributed by atoms with Gasteiger partial charge < -0.3 is 4.42 Å². The fourth-order valence-electron chi connectivity index (χ4n) is 7.76. The molecule has 0 amide bonds. The van der Waals surface area contributed by atoms with Gasteiger partial charge in [-0.3, -0.25) is 0 Å². The van der Waals surface area contributed by atoms with Crippen LogP contribution in [0.4, 0.5) is 0 Å². The smallest absolute Gasteiger partial charge is 0.167 e. The second-order valence-electron chi connectivity index (χ2n) is 14.0. The molecule has 0 N–H and O–H groups in total. The van der Waals surface area contributed by atoms with Crippen LogP contribution in [0, 0.1) is 0 Å². The molecule has 3 aromatic heterocycles. The van der Waals surface area contributed by atoms with Gasteiger partial charge in [0.15, 0.2) is 17.5 Å². The van der Waals surface area contributed by atoms with Crippen LogP contribution in [0.3, 0.4) is 0 Å². The summed E-state index contributed by atoms with van der Waals surface area (Å²) in [6, 6.07) is 65.7. The van der Waals surface area contributed by atoms with Gasteiger partial charge in [-0.25, -0.2) is 15.0 Å². The minimum atomic E-state index is 0.566. The Morgan fingerprint density at radius 2 is 0.875 bits per heavy atom. The van der Waals surface area contributed by atoms with E-state index >= 15 is 0 Å². The van der Waals surface area contributed by atoms with Crippen LogP contribution in [0.15, 0.2) is 192 Å². The summed E-state index contributed by atoms with van der Waals surface area (Å²) in [6.45, 7) is 0. The second kappa shape index (κ2) is 13.3. The average Bonchev–Trinajstić information content (AvgIpc) is 3.85. The Kier molecular flexibility index (Phi) is 7.64. The highest BCUT2D eigenvalue weighted by atomic mass is 32.1. The molecule has 0 spiro atoms. The molecular formula is C51H31N3OS. The van der Waals surface area contributed by atoms with Crippen molar-refractivity contribution in [3.8, 4) is 67.5 Å². The molecule has 0 atom stereocenters. The van der Waals surface area contributed by atoms with Gasteiger partial charge >= 0.3 is 0 Å². The van der Waals surface area contributed by atoms with Crippen molar-refractivity contribution in [3.05, 3.63) is 188 Å². The lowest BCUT2D eigenvalue weighted by Crippen LogP contribution is -2.00. The number of benzene rings is 8. The van der Waals surface area contributed by atoms with Crippen molar-refractivity contribution in [3.63, 3.8) is 0 Å². The van der Waals surface area contributed by atoms with E-state index in [9.17, 15) is 0 Å². The molecule has 11 rings (SSSR count). The summed E-state index contributed by atoms with van der Waals surface area (Å²) < 4.78 is 9.24. The van der Waals surface area contributed by atoms with Gasteiger partial charge in [0.1, 0.15) is 11.2 Å². The zero-order chi connectivity index (χ0) is 37.0. The lowest BCUT2D eigenvalue weighted by atomic mass is 10.00. The van der Waals surface area contributed by atoms with Crippen LogP contribution in [0.5, 0.6) is 0 Å². The summed E-state index contributed by atoms with van der Waals surface area (Å²) in [5.74, 6) is 1.79. The molecule has 0 aliphatic carbocycles. The third-order valence-corrected chi connectivity index (χ3v) is 11.8. The first-order chi connectivity index (χ1) is 27.7. The number of fused-ring (bicyclic) bond motifs is 6. The normalized spacial score (nSPS) is 11.6. The molecule has 0 aliphatic rings. The van der Waals surface area contributed by atoms with Gasteiger partial charge in [0.05, 0.1) is 5.56 Å². The van der Waals surface area contributed by atoms with Gasteiger partial charge in [-0.1, -0.05) is 164 Å². The fourth-order valence-corrected chi connectivity index (χ4v) is 9.04. The van der Waals surface area contributed by atoms with Gasteiger partial charge in [0, 0.05) is 42.1 Å². The Morgan fingerprint density at radius 1 is 0.339 bits per heavy atom. The zero-order valence-electron chi connectivity index (χ0n) is 30.1. The summed E-state index contributed by atoms with van der Waals surface area (Å²) in [4.78, 5) is 15.1. The van der Waals surface area contributed by atoms with Crippen LogP contribution >= 0.6 is 11.3 Å². The first-order valence-corrected chi connectivity index (χ1v) is 19.5. The number of hydrogen-bond acceptors (Lipinski definition) is 5. The van der Waals surface area contributed by atoms with Crippen molar-refractivity contribution < 1.29 is 4.42 Å². The second-order valence-corrected chi connectivity index (χ2v) is 15.0. The molecule has 8 aromatic carbocycles. The summed E-state index contributed by atoms with van der Waals surface area (Å²) in [5.41, 5.74) is 11.4. The molecule has 0 unspecified atom stereocenters. The Bertz CT molecular complexity index is 3230. The topological polar surface area (TPSA) is 51.8 Å². The summed E-state index contributed by atoms with van der Waals surface area (Å²) in [7, 11) is 0. The maximum absolute atomic E-state index is 6.65. The van der Waals surface area contributed by atoms with E-state index in [1.807, 2.05) is 53.8 Å². The Balaban J connectivity index is 1.01. The fraction of sp³-hybridized carbons (Fsp3) is 0. The minimum Gasteiger partial charge on any atom is -0.455 e. The molecule has 0 bridgehead atoms. The molecule has 262 valence electrons. The first kappa shape index (κ1) is 32.2. The predicted octanol–water partition coefficient (Wildman–Crippen LogP) is 14.1. The van der Waals surface area contributed by atoms with Crippen LogP contribution in [0.2, 0.25) is 0 Å². The Hall–Kier alpha value is -7.21. The average molecular weight is 734 g/mol. The molecule has 3 heterocycles. The minimum absolute atomic E-state index is 0.566.